The molecule has 19 heavy (non-hydrogen) atoms. The highest BCUT2D eigenvalue weighted by molar-refractivity contribution is 5.18. The summed E-state index contributed by atoms with van der Waals surface area (Å²) in [7, 11) is 0. The molecule has 0 spiro atoms. The molecule has 0 aliphatic heterocycles. The SMILES string of the molecule is CC(C)n1ncnc1CNCc1cc(F)ccc1F. The molecule has 1 heterocycles. The Labute approximate surface area is 110 Å². The van der Waals surface area contributed by atoms with Crippen LogP contribution in [0.25, 0.3) is 0 Å². The number of hydrogen-bond donors (Lipinski definition) is 1. The minimum atomic E-state index is -0.441. The van der Waals surface area contributed by atoms with Gasteiger partial charge in [-0.2, -0.15) is 5.10 Å². The van der Waals surface area contributed by atoms with Gasteiger partial charge in [-0.05, 0) is 32.0 Å². The highest BCUT2D eigenvalue weighted by Gasteiger charge is 2.08. The van der Waals surface area contributed by atoms with Crippen molar-refractivity contribution in [1.82, 2.24) is 20.1 Å². The number of aromatic nitrogens is 3. The van der Waals surface area contributed by atoms with E-state index in [1.54, 1.807) is 4.68 Å². The lowest BCUT2D eigenvalue weighted by atomic mass is 10.2. The van der Waals surface area contributed by atoms with E-state index in [9.17, 15) is 8.78 Å². The first-order valence-corrected chi connectivity index (χ1v) is 6.11. The zero-order valence-corrected chi connectivity index (χ0v) is 10.9. The maximum atomic E-state index is 13.4. The van der Waals surface area contributed by atoms with Crippen molar-refractivity contribution in [2.24, 2.45) is 0 Å². The van der Waals surface area contributed by atoms with E-state index < -0.39 is 11.6 Å². The fourth-order valence-electron chi connectivity index (χ4n) is 1.82. The van der Waals surface area contributed by atoms with Crippen molar-refractivity contribution in [3.05, 3.63) is 47.5 Å². The van der Waals surface area contributed by atoms with Crippen LogP contribution in [0.2, 0.25) is 0 Å². The molecule has 0 amide bonds. The number of nitrogens with zero attached hydrogens (tertiary/aromatic N) is 3. The number of nitrogens with one attached hydrogen (secondary N) is 1. The zero-order valence-electron chi connectivity index (χ0n) is 10.9. The fourth-order valence-corrected chi connectivity index (χ4v) is 1.82. The van der Waals surface area contributed by atoms with Crippen LogP contribution in [-0.2, 0) is 13.1 Å². The summed E-state index contributed by atoms with van der Waals surface area (Å²) in [5, 5.41) is 7.14. The van der Waals surface area contributed by atoms with Crippen LogP contribution in [0.3, 0.4) is 0 Å². The van der Waals surface area contributed by atoms with E-state index in [4.69, 9.17) is 0 Å². The number of halogens is 2. The van der Waals surface area contributed by atoms with Crippen LogP contribution in [-0.4, -0.2) is 14.8 Å². The highest BCUT2D eigenvalue weighted by Crippen LogP contribution is 2.10. The Morgan fingerprint density at radius 1 is 1.26 bits per heavy atom. The summed E-state index contributed by atoms with van der Waals surface area (Å²) in [5.41, 5.74) is 0.301. The van der Waals surface area contributed by atoms with E-state index in [0.717, 1.165) is 18.0 Å². The van der Waals surface area contributed by atoms with Crippen LogP contribution >= 0.6 is 0 Å². The summed E-state index contributed by atoms with van der Waals surface area (Å²) < 4.78 is 28.2. The first-order chi connectivity index (χ1) is 9.08. The van der Waals surface area contributed by atoms with E-state index in [0.29, 0.717) is 12.1 Å². The molecule has 4 nitrogen and oxygen atoms in total. The minimum absolute atomic E-state index is 0.213. The van der Waals surface area contributed by atoms with Gasteiger partial charge in [-0.1, -0.05) is 0 Å². The second kappa shape index (κ2) is 5.88. The Kier molecular flexibility index (Phi) is 4.21. The minimum Gasteiger partial charge on any atom is -0.306 e. The maximum absolute atomic E-state index is 13.4. The van der Waals surface area contributed by atoms with Crippen LogP contribution in [0.15, 0.2) is 24.5 Å². The molecule has 0 radical (unpaired) electrons. The van der Waals surface area contributed by atoms with E-state index >= 15 is 0 Å². The smallest absolute Gasteiger partial charge is 0.141 e. The molecule has 0 aliphatic rings. The molecule has 1 aromatic heterocycles. The molecule has 0 saturated carbocycles. The molecule has 0 aliphatic carbocycles. The quantitative estimate of drug-likeness (QED) is 0.903. The van der Waals surface area contributed by atoms with E-state index in [1.165, 1.54) is 12.4 Å². The summed E-state index contributed by atoms with van der Waals surface area (Å²) in [6, 6.07) is 3.64. The lowest BCUT2D eigenvalue weighted by Crippen LogP contribution is -2.19. The molecule has 0 bridgehead atoms. The Morgan fingerprint density at radius 2 is 2.05 bits per heavy atom. The van der Waals surface area contributed by atoms with E-state index in [1.807, 2.05) is 13.8 Å². The van der Waals surface area contributed by atoms with Gasteiger partial charge in [0.2, 0.25) is 0 Å². The molecule has 1 aromatic carbocycles. The van der Waals surface area contributed by atoms with E-state index in [-0.39, 0.29) is 12.6 Å². The number of benzene rings is 1. The molecule has 0 atom stereocenters. The van der Waals surface area contributed by atoms with Gasteiger partial charge < -0.3 is 5.32 Å². The van der Waals surface area contributed by atoms with Gasteiger partial charge in [0.15, 0.2) is 0 Å². The van der Waals surface area contributed by atoms with Gasteiger partial charge in [-0.3, -0.25) is 0 Å². The third-order valence-corrected chi connectivity index (χ3v) is 2.74. The van der Waals surface area contributed by atoms with Gasteiger partial charge in [0, 0.05) is 18.2 Å². The molecule has 2 rings (SSSR count). The van der Waals surface area contributed by atoms with Gasteiger partial charge in [0.05, 0.1) is 6.54 Å². The van der Waals surface area contributed by atoms with E-state index in [2.05, 4.69) is 15.4 Å². The zero-order chi connectivity index (χ0) is 13.8. The molecule has 0 fully saturated rings. The molecule has 0 unspecified atom stereocenters. The summed E-state index contributed by atoms with van der Waals surface area (Å²) in [6.45, 7) is 4.71. The molecular weight excluding hydrogens is 250 g/mol. The summed E-state index contributed by atoms with van der Waals surface area (Å²) in [6.07, 6.45) is 1.49. The topological polar surface area (TPSA) is 42.7 Å². The Bertz CT molecular complexity index is 551. The molecular formula is C13H16F2N4. The van der Waals surface area contributed by atoms with Crippen molar-refractivity contribution >= 4 is 0 Å². The molecule has 1 N–H and O–H groups in total. The Hall–Kier alpha value is -1.82. The van der Waals surface area contributed by atoms with Crippen LogP contribution in [0.1, 0.15) is 31.3 Å². The lowest BCUT2D eigenvalue weighted by molar-refractivity contribution is 0.487. The summed E-state index contributed by atoms with van der Waals surface area (Å²) in [5.74, 6) is -0.0883. The Morgan fingerprint density at radius 3 is 2.79 bits per heavy atom. The van der Waals surface area contributed by atoms with Crippen LogP contribution in [0.5, 0.6) is 0 Å². The molecule has 102 valence electrons. The molecule has 0 saturated heterocycles. The van der Waals surface area contributed by atoms with Crippen molar-refractivity contribution in [2.45, 2.75) is 33.0 Å². The van der Waals surface area contributed by atoms with Gasteiger partial charge in [0.1, 0.15) is 23.8 Å². The van der Waals surface area contributed by atoms with Gasteiger partial charge in [-0.15, -0.1) is 0 Å². The van der Waals surface area contributed by atoms with Crippen molar-refractivity contribution in [1.29, 1.82) is 0 Å². The lowest BCUT2D eigenvalue weighted by Gasteiger charge is -2.10. The second-order valence-electron chi connectivity index (χ2n) is 4.55. The predicted octanol–water partition coefficient (Wildman–Crippen LogP) is 2.43. The third kappa shape index (κ3) is 3.35. The standard InChI is InChI=1S/C13H16F2N4/c1-9(2)19-13(17-8-18-19)7-16-6-10-5-11(14)3-4-12(10)15/h3-5,8-9,16H,6-7H2,1-2H3. The van der Waals surface area contributed by atoms with Crippen molar-refractivity contribution in [2.75, 3.05) is 0 Å². The maximum Gasteiger partial charge on any atom is 0.141 e. The van der Waals surface area contributed by atoms with Crippen LogP contribution < -0.4 is 5.32 Å². The number of rotatable bonds is 5. The largest absolute Gasteiger partial charge is 0.306 e. The monoisotopic (exact) mass is 266 g/mol. The Balaban J connectivity index is 1.96. The molecule has 6 heteroatoms. The van der Waals surface area contributed by atoms with Gasteiger partial charge in [0.25, 0.3) is 0 Å². The van der Waals surface area contributed by atoms with Crippen LogP contribution in [0.4, 0.5) is 8.78 Å². The first kappa shape index (κ1) is 13.6. The second-order valence-corrected chi connectivity index (χ2v) is 4.55. The predicted molar refractivity (Wildman–Crippen MR) is 67.3 cm³/mol. The van der Waals surface area contributed by atoms with Crippen LogP contribution in [0, 0.1) is 11.6 Å². The summed E-state index contributed by atoms with van der Waals surface area (Å²) >= 11 is 0. The van der Waals surface area contributed by atoms with Gasteiger partial charge in [-0.25, -0.2) is 18.4 Å². The summed E-state index contributed by atoms with van der Waals surface area (Å²) in [4.78, 5) is 4.13. The molecule has 2 aromatic rings. The highest BCUT2D eigenvalue weighted by atomic mass is 19.1. The van der Waals surface area contributed by atoms with Crippen molar-refractivity contribution in [3.63, 3.8) is 0 Å². The van der Waals surface area contributed by atoms with Gasteiger partial charge >= 0.3 is 0 Å². The third-order valence-electron chi connectivity index (χ3n) is 2.74. The first-order valence-electron chi connectivity index (χ1n) is 6.11. The van der Waals surface area contributed by atoms with Crippen molar-refractivity contribution < 1.29 is 8.78 Å². The average Bonchev–Trinajstić information content (AvgIpc) is 2.82. The number of hydrogen-bond acceptors (Lipinski definition) is 3. The van der Waals surface area contributed by atoms with Crippen molar-refractivity contribution in [3.8, 4) is 0 Å². The fraction of sp³-hybridized carbons (Fsp3) is 0.385. The normalized spacial score (nSPS) is 11.2. The average molecular weight is 266 g/mol.